The number of aromatic nitrogens is 1. The Labute approximate surface area is 165 Å². The molecule has 6 nitrogen and oxygen atoms in total. The second kappa shape index (κ2) is 8.58. The topological polar surface area (TPSA) is 77.4 Å². The summed E-state index contributed by atoms with van der Waals surface area (Å²) in [7, 11) is -2.08. The average Bonchev–Trinajstić information content (AvgIpc) is 3.05. The zero-order chi connectivity index (χ0) is 20.1. The first-order chi connectivity index (χ1) is 13.4. The highest BCUT2D eigenvalue weighted by atomic mass is 32.2. The number of fused-ring (bicyclic) bond motifs is 1. The molecule has 1 aromatic heterocycles. The highest BCUT2D eigenvalue weighted by Gasteiger charge is 2.23. The molecular weight excluding hydrogens is 376 g/mol. The van der Waals surface area contributed by atoms with Crippen molar-refractivity contribution in [2.45, 2.75) is 29.7 Å². The molecule has 0 unspecified atom stereocenters. The number of hydrogen-bond donors (Lipinski definition) is 1. The zero-order valence-corrected chi connectivity index (χ0v) is 16.8. The molecular formula is C21H24N2O4S. The summed E-state index contributed by atoms with van der Waals surface area (Å²) in [6, 6.07) is 14.0. The summed E-state index contributed by atoms with van der Waals surface area (Å²) in [5.41, 5.74) is 1.70. The fraction of sp³-hybridized carbons (Fsp3) is 0.286. The molecule has 1 heterocycles. The van der Waals surface area contributed by atoms with Crippen molar-refractivity contribution in [1.82, 2.24) is 9.88 Å². The van der Waals surface area contributed by atoms with Gasteiger partial charge in [0.15, 0.2) is 0 Å². The van der Waals surface area contributed by atoms with Gasteiger partial charge in [-0.3, -0.25) is 4.79 Å². The Morgan fingerprint density at radius 1 is 1.11 bits per heavy atom. The summed E-state index contributed by atoms with van der Waals surface area (Å²) < 4.78 is 33.0. The Hall–Kier alpha value is -2.64. The van der Waals surface area contributed by atoms with Crippen LogP contribution in [0.1, 0.15) is 12.0 Å². The molecule has 3 aromatic rings. The van der Waals surface area contributed by atoms with Gasteiger partial charge in [-0.1, -0.05) is 35.9 Å². The Morgan fingerprint density at radius 2 is 1.82 bits per heavy atom. The first-order valence-corrected chi connectivity index (χ1v) is 10.6. The van der Waals surface area contributed by atoms with Gasteiger partial charge in [-0.15, -0.1) is 0 Å². The number of ether oxygens (including phenoxy) is 1. The van der Waals surface area contributed by atoms with Crippen LogP contribution in [-0.2, 0) is 25.9 Å². The van der Waals surface area contributed by atoms with Gasteiger partial charge in [-0.2, -0.15) is 0 Å². The maximum atomic E-state index is 13.2. The number of hydrogen-bond acceptors (Lipinski definition) is 4. The van der Waals surface area contributed by atoms with E-state index in [2.05, 4.69) is 5.32 Å². The first kappa shape index (κ1) is 20.1. The van der Waals surface area contributed by atoms with Gasteiger partial charge in [-0.25, -0.2) is 8.42 Å². The lowest BCUT2D eigenvalue weighted by molar-refractivity contribution is -0.121. The fourth-order valence-electron chi connectivity index (χ4n) is 3.06. The van der Waals surface area contributed by atoms with Crippen molar-refractivity contribution in [1.29, 1.82) is 0 Å². The molecule has 28 heavy (non-hydrogen) atoms. The van der Waals surface area contributed by atoms with Gasteiger partial charge < -0.3 is 14.6 Å². The summed E-state index contributed by atoms with van der Waals surface area (Å²) in [5.74, 6) is -0.170. The molecule has 0 fully saturated rings. The molecule has 0 saturated heterocycles. The largest absolute Gasteiger partial charge is 0.385 e. The van der Waals surface area contributed by atoms with Gasteiger partial charge in [0.05, 0.1) is 9.79 Å². The molecule has 1 amide bonds. The van der Waals surface area contributed by atoms with E-state index in [-0.39, 0.29) is 22.2 Å². The lowest BCUT2D eigenvalue weighted by Gasteiger charge is -2.07. The third-order valence-corrected chi connectivity index (χ3v) is 6.33. The minimum atomic E-state index is -3.69. The fourth-order valence-corrected chi connectivity index (χ4v) is 4.53. The summed E-state index contributed by atoms with van der Waals surface area (Å²) in [6.45, 7) is 3.05. The zero-order valence-electron chi connectivity index (χ0n) is 16.0. The summed E-state index contributed by atoms with van der Waals surface area (Å²) >= 11 is 0. The van der Waals surface area contributed by atoms with E-state index < -0.39 is 9.84 Å². The van der Waals surface area contributed by atoms with E-state index in [0.717, 1.165) is 12.0 Å². The molecule has 3 rings (SSSR count). The number of aryl methyl sites for hydroxylation is 1. The van der Waals surface area contributed by atoms with Gasteiger partial charge in [-0.05, 0) is 31.5 Å². The van der Waals surface area contributed by atoms with E-state index >= 15 is 0 Å². The lowest BCUT2D eigenvalue weighted by Crippen LogP contribution is -2.28. The molecule has 0 spiro atoms. The molecule has 0 atom stereocenters. The summed E-state index contributed by atoms with van der Waals surface area (Å²) in [4.78, 5) is 12.7. The van der Waals surface area contributed by atoms with Gasteiger partial charge in [0.1, 0.15) is 6.54 Å². The Balaban J connectivity index is 1.92. The molecule has 0 saturated carbocycles. The van der Waals surface area contributed by atoms with Gasteiger partial charge in [0.2, 0.25) is 15.7 Å². The molecule has 0 aliphatic heterocycles. The van der Waals surface area contributed by atoms with E-state index in [4.69, 9.17) is 4.74 Å². The maximum absolute atomic E-state index is 13.2. The van der Waals surface area contributed by atoms with E-state index in [9.17, 15) is 13.2 Å². The van der Waals surface area contributed by atoms with Crippen LogP contribution in [0.3, 0.4) is 0 Å². The van der Waals surface area contributed by atoms with Crippen LogP contribution in [0.25, 0.3) is 10.9 Å². The molecule has 0 aliphatic rings. The maximum Gasteiger partial charge on any atom is 0.239 e. The number of benzene rings is 2. The van der Waals surface area contributed by atoms with Crippen LogP contribution in [0, 0.1) is 6.92 Å². The number of sulfone groups is 1. The number of nitrogens with one attached hydrogen (secondary N) is 1. The van der Waals surface area contributed by atoms with E-state index in [0.29, 0.717) is 24.1 Å². The highest BCUT2D eigenvalue weighted by molar-refractivity contribution is 7.91. The van der Waals surface area contributed by atoms with Crippen LogP contribution in [0.15, 0.2) is 64.5 Å². The Bertz CT molecular complexity index is 1070. The number of rotatable bonds is 8. The molecule has 1 N–H and O–H groups in total. The van der Waals surface area contributed by atoms with E-state index in [1.54, 1.807) is 54.3 Å². The monoisotopic (exact) mass is 400 g/mol. The SMILES string of the molecule is COCCCNC(=O)Cn1cc(S(=O)(=O)c2ccc(C)cc2)c2ccccc21. The minimum Gasteiger partial charge on any atom is -0.385 e. The Morgan fingerprint density at radius 3 is 2.54 bits per heavy atom. The highest BCUT2D eigenvalue weighted by Crippen LogP contribution is 2.30. The first-order valence-electron chi connectivity index (χ1n) is 9.09. The smallest absolute Gasteiger partial charge is 0.239 e. The van der Waals surface area contributed by atoms with Gasteiger partial charge >= 0.3 is 0 Å². The summed E-state index contributed by atoms with van der Waals surface area (Å²) in [5, 5.41) is 3.43. The third-order valence-electron chi connectivity index (χ3n) is 4.53. The van der Waals surface area contributed by atoms with Crippen LogP contribution in [-0.4, -0.2) is 39.2 Å². The van der Waals surface area contributed by atoms with Crippen LogP contribution in [0.2, 0.25) is 0 Å². The van der Waals surface area contributed by atoms with Crippen molar-refractivity contribution in [3.05, 3.63) is 60.3 Å². The van der Waals surface area contributed by atoms with Gasteiger partial charge in [0.25, 0.3) is 0 Å². The van der Waals surface area contributed by atoms with Crippen molar-refractivity contribution in [2.75, 3.05) is 20.3 Å². The number of carbonyl (C=O) groups excluding carboxylic acids is 1. The van der Waals surface area contributed by atoms with Crippen molar-refractivity contribution in [3.8, 4) is 0 Å². The number of carbonyl (C=O) groups is 1. The van der Waals surface area contributed by atoms with Crippen LogP contribution >= 0.6 is 0 Å². The van der Waals surface area contributed by atoms with Crippen molar-refractivity contribution < 1.29 is 17.9 Å². The molecule has 0 radical (unpaired) electrons. The molecule has 148 valence electrons. The predicted molar refractivity (Wildman–Crippen MR) is 108 cm³/mol. The van der Waals surface area contributed by atoms with Crippen molar-refractivity contribution >= 4 is 26.6 Å². The van der Waals surface area contributed by atoms with Crippen molar-refractivity contribution in [3.63, 3.8) is 0 Å². The minimum absolute atomic E-state index is 0.0525. The van der Waals surface area contributed by atoms with Crippen LogP contribution in [0.4, 0.5) is 0 Å². The second-order valence-corrected chi connectivity index (χ2v) is 8.57. The molecule has 2 aromatic carbocycles. The number of para-hydroxylation sites is 1. The van der Waals surface area contributed by atoms with Gasteiger partial charge in [0, 0.05) is 37.4 Å². The Kier molecular flexibility index (Phi) is 6.16. The van der Waals surface area contributed by atoms with E-state index in [1.807, 2.05) is 19.1 Å². The lowest BCUT2D eigenvalue weighted by atomic mass is 10.2. The average molecular weight is 401 g/mol. The van der Waals surface area contributed by atoms with Crippen molar-refractivity contribution in [2.24, 2.45) is 0 Å². The second-order valence-electron chi connectivity index (χ2n) is 6.65. The quantitative estimate of drug-likeness (QED) is 0.590. The number of methoxy groups -OCH3 is 1. The standard InChI is InChI=1S/C21H24N2O4S/c1-16-8-10-17(11-9-16)28(25,26)20-14-23(19-7-4-3-6-18(19)20)15-21(24)22-12-5-13-27-2/h3-4,6-11,14H,5,12-13,15H2,1-2H3,(H,22,24). The van der Waals surface area contributed by atoms with Crippen LogP contribution < -0.4 is 5.32 Å². The van der Waals surface area contributed by atoms with E-state index in [1.165, 1.54) is 0 Å². The molecule has 7 heteroatoms. The normalized spacial score (nSPS) is 11.6. The number of nitrogens with zero attached hydrogens (tertiary/aromatic N) is 1. The predicted octanol–water partition coefficient (Wildman–Crippen LogP) is 2.94. The molecule has 0 bridgehead atoms. The number of amides is 1. The molecule has 0 aliphatic carbocycles. The van der Waals surface area contributed by atoms with Crippen LogP contribution in [0.5, 0.6) is 0 Å². The summed E-state index contributed by atoms with van der Waals surface area (Å²) in [6.07, 6.45) is 2.27. The third kappa shape index (κ3) is 4.26.